The molecular formula is C28H21N7O2. The van der Waals surface area contributed by atoms with E-state index in [0.717, 1.165) is 33.8 Å². The van der Waals surface area contributed by atoms with Crippen LogP contribution in [0, 0.1) is 0 Å². The molecule has 0 fully saturated rings. The summed E-state index contributed by atoms with van der Waals surface area (Å²) < 4.78 is 5.43. The molecule has 3 aliphatic heterocycles. The van der Waals surface area contributed by atoms with E-state index in [1.54, 1.807) is 37.6 Å². The molecule has 0 radical (unpaired) electrons. The molecule has 0 aliphatic carbocycles. The van der Waals surface area contributed by atoms with Crippen molar-refractivity contribution in [2.24, 2.45) is 15.0 Å². The van der Waals surface area contributed by atoms with Crippen LogP contribution in [0.3, 0.4) is 0 Å². The van der Waals surface area contributed by atoms with Crippen LogP contribution in [-0.2, 0) is 5.54 Å². The predicted octanol–water partition coefficient (Wildman–Crippen LogP) is 4.46. The zero-order valence-corrected chi connectivity index (χ0v) is 19.8. The number of fused-ring (bicyclic) bond motifs is 2. The van der Waals surface area contributed by atoms with Gasteiger partial charge in [0.15, 0.2) is 17.3 Å². The maximum Gasteiger partial charge on any atom is 0.232 e. The molecule has 1 aromatic heterocycles. The van der Waals surface area contributed by atoms with Crippen molar-refractivity contribution in [2.75, 3.05) is 12.8 Å². The van der Waals surface area contributed by atoms with E-state index < -0.39 is 5.54 Å². The van der Waals surface area contributed by atoms with E-state index in [2.05, 4.69) is 15.0 Å². The lowest BCUT2D eigenvalue weighted by Crippen LogP contribution is -2.43. The molecule has 4 aromatic rings. The molecule has 0 bridgehead atoms. The first-order valence-electron chi connectivity index (χ1n) is 11.7. The maximum absolute atomic E-state index is 9.88. The van der Waals surface area contributed by atoms with Crippen molar-refractivity contribution in [3.8, 4) is 22.8 Å². The highest BCUT2D eigenvalue weighted by Crippen LogP contribution is 2.50. The van der Waals surface area contributed by atoms with Crippen LogP contribution in [0.2, 0.25) is 0 Å². The number of nitrogens with one attached hydrogen (secondary N) is 1. The van der Waals surface area contributed by atoms with Gasteiger partial charge in [0.05, 0.1) is 29.9 Å². The van der Waals surface area contributed by atoms with E-state index >= 15 is 0 Å². The van der Waals surface area contributed by atoms with Crippen LogP contribution in [0.25, 0.3) is 17.0 Å². The van der Waals surface area contributed by atoms with Gasteiger partial charge in [-0.25, -0.2) is 20.0 Å². The number of para-hydroxylation sites is 1. The summed E-state index contributed by atoms with van der Waals surface area (Å²) in [5.41, 5.74) is 10.8. The summed E-state index contributed by atoms with van der Waals surface area (Å²) in [5, 5.41) is 9.88. The largest absolute Gasteiger partial charge is 0.508 e. The lowest BCUT2D eigenvalue weighted by Gasteiger charge is -2.34. The van der Waals surface area contributed by atoms with E-state index in [1.807, 2.05) is 59.5 Å². The zero-order chi connectivity index (χ0) is 25.1. The molecule has 4 heterocycles. The summed E-state index contributed by atoms with van der Waals surface area (Å²) in [4.78, 5) is 24.9. The number of hydrogen-bond acceptors (Lipinski definition) is 8. The highest BCUT2D eigenvalue weighted by atomic mass is 16.5. The Balaban J connectivity index is 1.57. The lowest BCUT2D eigenvalue weighted by atomic mass is 9.83. The number of hydrogen-bond donors (Lipinski definition) is 3. The number of H-pyrrole nitrogens is 1. The number of nitrogens with zero attached hydrogens (tertiary/aromatic N) is 5. The van der Waals surface area contributed by atoms with Gasteiger partial charge in [0.25, 0.3) is 0 Å². The SMILES string of the molecule is COc1ccc([C@]2(c3[nH]c(N)nc3-c3ccc(O)cc3)N=C3N=CC=C4c5ccccc5N=C2N43)cc1. The summed E-state index contributed by atoms with van der Waals surface area (Å²) in [5.74, 6) is 2.31. The van der Waals surface area contributed by atoms with Crippen LogP contribution >= 0.6 is 0 Å². The van der Waals surface area contributed by atoms with Crippen LogP contribution < -0.4 is 10.5 Å². The summed E-state index contributed by atoms with van der Waals surface area (Å²) in [6.07, 6.45) is 3.73. The monoisotopic (exact) mass is 487 g/mol. The van der Waals surface area contributed by atoms with Crippen molar-refractivity contribution in [3.63, 3.8) is 0 Å². The fourth-order valence-electron chi connectivity index (χ4n) is 5.13. The van der Waals surface area contributed by atoms with Gasteiger partial charge >= 0.3 is 0 Å². The third kappa shape index (κ3) is 2.97. The number of anilines is 1. The van der Waals surface area contributed by atoms with Gasteiger partial charge in [-0.3, -0.25) is 4.90 Å². The van der Waals surface area contributed by atoms with E-state index in [1.165, 1.54) is 0 Å². The number of amidine groups is 1. The molecule has 3 aromatic carbocycles. The number of aliphatic imine (C=N–C) groups is 3. The van der Waals surface area contributed by atoms with Gasteiger partial charge in [0.1, 0.15) is 11.5 Å². The number of nitrogens with two attached hydrogens (primary N) is 1. The van der Waals surface area contributed by atoms with Gasteiger partial charge < -0.3 is 20.6 Å². The summed E-state index contributed by atoms with van der Waals surface area (Å²) in [6.45, 7) is 0. The van der Waals surface area contributed by atoms with Crippen molar-refractivity contribution in [2.45, 2.75) is 5.54 Å². The standard InChI is InChI=1S/C28H21N7O2/c1-37-19-12-8-17(9-13-19)28(24-23(32-26(29)33-24)16-6-10-18(36)11-7-16)25-31-21-5-3-2-4-20(21)22-14-15-30-27(34-28)35(22)25/h2-15,36H,1H3,(H3,29,32,33)/t28-/m1/s1. The lowest BCUT2D eigenvalue weighted by molar-refractivity contribution is 0.414. The van der Waals surface area contributed by atoms with Gasteiger partial charge in [-0.05, 0) is 54.1 Å². The highest BCUT2D eigenvalue weighted by molar-refractivity contribution is 6.24. The van der Waals surface area contributed by atoms with E-state index in [0.29, 0.717) is 23.2 Å². The van der Waals surface area contributed by atoms with Gasteiger partial charge in [0, 0.05) is 17.3 Å². The molecule has 1 atom stereocenters. The fraction of sp³-hybridized carbons (Fsp3) is 0.0714. The molecular weight excluding hydrogens is 466 g/mol. The predicted molar refractivity (Wildman–Crippen MR) is 143 cm³/mol. The molecule has 0 unspecified atom stereocenters. The van der Waals surface area contributed by atoms with E-state index in [4.69, 9.17) is 20.5 Å². The van der Waals surface area contributed by atoms with Crippen molar-refractivity contribution in [1.29, 1.82) is 0 Å². The Labute approximate surface area is 212 Å². The van der Waals surface area contributed by atoms with Crippen molar-refractivity contribution >= 4 is 35.3 Å². The van der Waals surface area contributed by atoms with Crippen molar-refractivity contribution in [1.82, 2.24) is 14.9 Å². The molecule has 4 N–H and O–H groups in total. The molecule has 0 spiro atoms. The number of methoxy groups -OCH3 is 1. The van der Waals surface area contributed by atoms with Crippen LogP contribution in [0.4, 0.5) is 11.6 Å². The second-order valence-electron chi connectivity index (χ2n) is 8.86. The summed E-state index contributed by atoms with van der Waals surface area (Å²) >= 11 is 0. The molecule has 0 amide bonds. The number of phenolic OH excluding ortho intramolecular Hbond substituents is 1. The number of aromatic nitrogens is 2. The average Bonchev–Trinajstić information content (AvgIpc) is 3.49. The van der Waals surface area contributed by atoms with Gasteiger partial charge in [-0.15, -0.1) is 0 Å². The molecule has 0 saturated carbocycles. The molecule has 9 heteroatoms. The molecule has 7 rings (SSSR count). The first kappa shape index (κ1) is 21.1. The Morgan fingerprint density at radius 3 is 2.57 bits per heavy atom. The number of benzene rings is 3. The summed E-state index contributed by atoms with van der Waals surface area (Å²) in [7, 11) is 1.63. The number of aromatic amines is 1. The second-order valence-corrected chi connectivity index (χ2v) is 8.86. The number of phenols is 1. The average molecular weight is 488 g/mol. The van der Waals surface area contributed by atoms with Crippen LogP contribution in [0.15, 0.2) is 93.8 Å². The smallest absolute Gasteiger partial charge is 0.232 e. The van der Waals surface area contributed by atoms with Crippen molar-refractivity contribution < 1.29 is 9.84 Å². The number of guanidine groups is 1. The fourth-order valence-corrected chi connectivity index (χ4v) is 5.13. The Bertz CT molecular complexity index is 1680. The minimum absolute atomic E-state index is 0.161. The van der Waals surface area contributed by atoms with Crippen molar-refractivity contribution in [3.05, 3.63) is 95.7 Å². The van der Waals surface area contributed by atoms with Crippen LogP contribution in [0.5, 0.6) is 11.5 Å². The Morgan fingerprint density at radius 1 is 1.00 bits per heavy atom. The maximum atomic E-state index is 9.88. The number of ether oxygens (including phenoxy) is 1. The molecule has 0 saturated heterocycles. The van der Waals surface area contributed by atoms with Gasteiger partial charge in [-0.2, -0.15) is 0 Å². The quantitative estimate of drug-likeness (QED) is 0.392. The Hall–Kier alpha value is -5.18. The van der Waals surface area contributed by atoms with Gasteiger partial charge in [0.2, 0.25) is 5.96 Å². The van der Waals surface area contributed by atoms with Crippen LogP contribution in [0.1, 0.15) is 16.8 Å². The number of imidazole rings is 1. The number of aromatic hydroxyl groups is 1. The van der Waals surface area contributed by atoms with Gasteiger partial charge in [-0.1, -0.05) is 30.3 Å². The third-order valence-electron chi connectivity index (χ3n) is 6.81. The topological polar surface area (TPSA) is 124 Å². The van der Waals surface area contributed by atoms with Crippen LogP contribution in [-0.4, -0.2) is 45.1 Å². The second kappa shape index (κ2) is 7.66. The summed E-state index contributed by atoms with van der Waals surface area (Å²) in [6, 6.07) is 22.6. The Morgan fingerprint density at radius 2 is 1.78 bits per heavy atom. The molecule has 180 valence electrons. The molecule has 9 nitrogen and oxygen atoms in total. The number of allylic oxidation sites excluding steroid dienone is 1. The highest BCUT2D eigenvalue weighted by Gasteiger charge is 2.54. The normalized spacial score (nSPS) is 19.1. The molecule has 3 aliphatic rings. The Kier molecular flexibility index (Phi) is 4.37. The minimum atomic E-state index is -1.15. The molecule has 37 heavy (non-hydrogen) atoms. The first-order valence-corrected chi connectivity index (χ1v) is 11.7. The number of rotatable bonds is 4. The zero-order valence-electron chi connectivity index (χ0n) is 19.8. The number of nitrogen functional groups attached to an aromatic ring is 1. The van der Waals surface area contributed by atoms with E-state index in [9.17, 15) is 5.11 Å². The van der Waals surface area contributed by atoms with E-state index in [-0.39, 0.29) is 11.7 Å². The third-order valence-corrected chi connectivity index (χ3v) is 6.81. The first-order chi connectivity index (χ1) is 18.1. The minimum Gasteiger partial charge on any atom is -0.508 e.